The summed E-state index contributed by atoms with van der Waals surface area (Å²) in [5.74, 6) is 0.680. The molecule has 0 bridgehead atoms. The van der Waals surface area contributed by atoms with E-state index < -0.39 is 0 Å². The van der Waals surface area contributed by atoms with Crippen molar-refractivity contribution in [2.24, 2.45) is 0 Å². The molecule has 0 aliphatic carbocycles. The summed E-state index contributed by atoms with van der Waals surface area (Å²) in [7, 11) is 1.72. The molecule has 0 saturated carbocycles. The SMILES string of the molecule is CCC(CCOC)Nc1nc2ccccn2n1. The fourth-order valence-corrected chi connectivity index (χ4v) is 1.71. The van der Waals surface area contributed by atoms with Crippen molar-refractivity contribution in [2.45, 2.75) is 25.8 Å². The topological polar surface area (TPSA) is 51.5 Å². The minimum atomic E-state index is 0.354. The summed E-state index contributed by atoms with van der Waals surface area (Å²) in [6.45, 7) is 2.89. The van der Waals surface area contributed by atoms with E-state index in [1.165, 1.54) is 0 Å². The molecule has 0 spiro atoms. The summed E-state index contributed by atoms with van der Waals surface area (Å²) in [5.41, 5.74) is 0.858. The van der Waals surface area contributed by atoms with Gasteiger partial charge in [-0.1, -0.05) is 13.0 Å². The lowest BCUT2D eigenvalue weighted by Crippen LogP contribution is -2.21. The van der Waals surface area contributed by atoms with E-state index in [-0.39, 0.29) is 0 Å². The van der Waals surface area contributed by atoms with Gasteiger partial charge in [0.2, 0.25) is 5.95 Å². The monoisotopic (exact) mass is 234 g/mol. The molecule has 1 N–H and O–H groups in total. The lowest BCUT2D eigenvalue weighted by Gasteiger charge is -2.14. The van der Waals surface area contributed by atoms with E-state index in [0.29, 0.717) is 12.0 Å². The zero-order valence-corrected chi connectivity index (χ0v) is 10.3. The van der Waals surface area contributed by atoms with Gasteiger partial charge in [-0.2, -0.15) is 4.98 Å². The number of aromatic nitrogens is 3. The van der Waals surface area contributed by atoms with Gasteiger partial charge in [-0.15, -0.1) is 5.10 Å². The zero-order valence-electron chi connectivity index (χ0n) is 10.3. The van der Waals surface area contributed by atoms with Gasteiger partial charge in [-0.05, 0) is 25.0 Å². The number of hydrogen-bond acceptors (Lipinski definition) is 4. The van der Waals surface area contributed by atoms with E-state index in [2.05, 4.69) is 22.3 Å². The van der Waals surface area contributed by atoms with E-state index in [0.717, 1.165) is 25.1 Å². The lowest BCUT2D eigenvalue weighted by atomic mass is 10.2. The van der Waals surface area contributed by atoms with Gasteiger partial charge in [-0.3, -0.25) is 0 Å². The van der Waals surface area contributed by atoms with Gasteiger partial charge in [0, 0.05) is 26.0 Å². The first kappa shape index (κ1) is 11.9. The number of rotatable bonds is 6. The summed E-state index contributed by atoms with van der Waals surface area (Å²) in [6, 6.07) is 6.19. The van der Waals surface area contributed by atoms with E-state index in [1.54, 1.807) is 11.6 Å². The van der Waals surface area contributed by atoms with Crippen LogP contribution in [0.25, 0.3) is 5.65 Å². The Balaban J connectivity index is 2.06. The molecule has 0 amide bonds. The number of nitrogens with one attached hydrogen (secondary N) is 1. The third-order valence-corrected chi connectivity index (χ3v) is 2.74. The molecule has 0 aliphatic rings. The maximum atomic E-state index is 5.08. The molecule has 2 heterocycles. The van der Waals surface area contributed by atoms with Crippen LogP contribution < -0.4 is 5.32 Å². The summed E-state index contributed by atoms with van der Waals surface area (Å²) in [5, 5.41) is 7.69. The minimum absolute atomic E-state index is 0.354. The average molecular weight is 234 g/mol. The van der Waals surface area contributed by atoms with Gasteiger partial charge in [0.1, 0.15) is 0 Å². The second kappa shape index (κ2) is 5.63. The van der Waals surface area contributed by atoms with Crippen molar-refractivity contribution in [1.82, 2.24) is 14.6 Å². The molecule has 1 unspecified atom stereocenters. The Labute approximate surface area is 101 Å². The van der Waals surface area contributed by atoms with E-state index in [9.17, 15) is 0 Å². The number of ether oxygens (including phenoxy) is 1. The van der Waals surface area contributed by atoms with E-state index in [4.69, 9.17) is 4.74 Å². The predicted octanol–water partition coefficient (Wildman–Crippen LogP) is 1.96. The molecule has 0 saturated heterocycles. The number of nitrogens with zero attached hydrogens (tertiary/aromatic N) is 3. The number of anilines is 1. The highest BCUT2D eigenvalue weighted by Gasteiger charge is 2.09. The van der Waals surface area contributed by atoms with Crippen molar-refractivity contribution in [2.75, 3.05) is 19.0 Å². The number of fused-ring (bicyclic) bond motifs is 1. The molecule has 5 nitrogen and oxygen atoms in total. The van der Waals surface area contributed by atoms with Crippen LogP contribution >= 0.6 is 0 Å². The third-order valence-electron chi connectivity index (χ3n) is 2.74. The number of methoxy groups -OCH3 is 1. The molecular formula is C12H18N4O. The molecule has 1 atom stereocenters. The molecule has 2 rings (SSSR count). The molecule has 2 aromatic rings. The van der Waals surface area contributed by atoms with Crippen LogP contribution in [0.15, 0.2) is 24.4 Å². The Kier molecular flexibility index (Phi) is 3.93. The molecule has 92 valence electrons. The highest BCUT2D eigenvalue weighted by molar-refractivity contribution is 5.43. The van der Waals surface area contributed by atoms with Gasteiger partial charge >= 0.3 is 0 Å². The van der Waals surface area contributed by atoms with Crippen LogP contribution in [0.3, 0.4) is 0 Å². The number of hydrogen-bond donors (Lipinski definition) is 1. The van der Waals surface area contributed by atoms with Gasteiger partial charge < -0.3 is 10.1 Å². The Morgan fingerprint density at radius 2 is 2.35 bits per heavy atom. The van der Waals surface area contributed by atoms with E-state index >= 15 is 0 Å². The lowest BCUT2D eigenvalue weighted by molar-refractivity contribution is 0.189. The smallest absolute Gasteiger partial charge is 0.243 e. The maximum absolute atomic E-state index is 5.08. The second-order valence-corrected chi connectivity index (χ2v) is 3.97. The Morgan fingerprint density at radius 3 is 3.06 bits per heavy atom. The van der Waals surface area contributed by atoms with Crippen molar-refractivity contribution in [1.29, 1.82) is 0 Å². The fourth-order valence-electron chi connectivity index (χ4n) is 1.71. The van der Waals surface area contributed by atoms with Crippen LogP contribution in [0.5, 0.6) is 0 Å². The van der Waals surface area contributed by atoms with Crippen LogP contribution in [-0.2, 0) is 4.74 Å². The second-order valence-electron chi connectivity index (χ2n) is 3.97. The average Bonchev–Trinajstić information content (AvgIpc) is 2.76. The molecule has 0 fully saturated rings. The summed E-state index contributed by atoms with van der Waals surface area (Å²) >= 11 is 0. The molecule has 5 heteroatoms. The highest BCUT2D eigenvalue weighted by Crippen LogP contribution is 2.09. The van der Waals surface area contributed by atoms with Crippen molar-refractivity contribution in [3.63, 3.8) is 0 Å². The first-order chi connectivity index (χ1) is 8.33. The fraction of sp³-hybridized carbons (Fsp3) is 0.500. The minimum Gasteiger partial charge on any atom is -0.385 e. The van der Waals surface area contributed by atoms with Crippen LogP contribution in [0.1, 0.15) is 19.8 Å². The molecule has 17 heavy (non-hydrogen) atoms. The Bertz CT molecular complexity index is 435. The third kappa shape index (κ3) is 2.94. The highest BCUT2D eigenvalue weighted by atomic mass is 16.5. The first-order valence-electron chi connectivity index (χ1n) is 5.90. The first-order valence-corrected chi connectivity index (χ1v) is 5.90. The van der Waals surface area contributed by atoms with Gasteiger partial charge in [0.15, 0.2) is 5.65 Å². The Morgan fingerprint density at radius 1 is 1.47 bits per heavy atom. The zero-order chi connectivity index (χ0) is 12.1. The van der Waals surface area contributed by atoms with Crippen molar-refractivity contribution < 1.29 is 4.74 Å². The largest absolute Gasteiger partial charge is 0.385 e. The Hall–Kier alpha value is -1.62. The van der Waals surface area contributed by atoms with Crippen molar-refractivity contribution >= 4 is 11.6 Å². The van der Waals surface area contributed by atoms with E-state index in [1.807, 2.05) is 24.4 Å². The molecule has 2 aromatic heterocycles. The molecule has 0 radical (unpaired) electrons. The quantitative estimate of drug-likeness (QED) is 0.830. The maximum Gasteiger partial charge on any atom is 0.243 e. The summed E-state index contributed by atoms with van der Waals surface area (Å²) in [6.07, 6.45) is 3.88. The van der Waals surface area contributed by atoms with Crippen molar-refractivity contribution in [3.05, 3.63) is 24.4 Å². The summed E-state index contributed by atoms with van der Waals surface area (Å²) < 4.78 is 6.85. The predicted molar refractivity (Wildman–Crippen MR) is 67.2 cm³/mol. The number of pyridine rings is 1. The van der Waals surface area contributed by atoms with Crippen LogP contribution in [0.2, 0.25) is 0 Å². The van der Waals surface area contributed by atoms with Crippen molar-refractivity contribution in [3.8, 4) is 0 Å². The van der Waals surface area contributed by atoms with Gasteiger partial charge in [-0.25, -0.2) is 4.52 Å². The molecule has 0 aliphatic heterocycles. The van der Waals surface area contributed by atoms with Crippen LogP contribution in [0.4, 0.5) is 5.95 Å². The summed E-state index contributed by atoms with van der Waals surface area (Å²) in [4.78, 5) is 4.41. The molecular weight excluding hydrogens is 216 g/mol. The van der Waals surface area contributed by atoms with Crippen LogP contribution in [0, 0.1) is 0 Å². The normalized spacial score (nSPS) is 12.8. The molecule has 0 aromatic carbocycles. The van der Waals surface area contributed by atoms with Gasteiger partial charge in [0.25, 0.3) is 0 Å². The van der Waals surface area contributed by atoms with Gasteiger partial charge in [0.05, 0.1) is 0 Å². The standard InChI is InChI=1S/C12H18N4O/c1-3-10(7-9-17-2)13-12-14-11-6-4-5-8-16(11)15-12/h4-6,8,10H,3,7,9H2,1-2H3,(H,13,15). The van der Waals surface area contributed by atoms with Crippen LogP contribution in [-0.4, -0.2) is 34.4 Å².